The summed E-state index contributed by atoms with van der Waals surface area (Å²) in [5.74, 6) is -0.531. The number of hydrogen-bond donors (Lipinski definition) is 4. The summed E-state index contributed by atoms with van der Waals surface area (Å²) in [6.45, 7) is 1.67. The number of aliphatic hydroxyl groups excluding tert-OH is 1. The van der Waals surface area contributed by atoms with Gasteiger partial charge in [-0.3, -0.25) is 4.79 Å². The molecule has 2 aromatic carbocycles. The summed E-state index contributed by atoms with van der Waals surface area (Å²) in [5.41, 5.74) is 1.92. The van der Waals surface area contributed by atoms with Gasteiger partial charge in [-0.1, -0.05) is 17.7 Å². The monoisotopic (exact) mass is 386 g/mol. The fraction of sp³-hybridized carbons (Fsp3) is 0.286. The van der Waals surface area contributed by atoms with Crippen LogP contribution in [0.4, 0.5) is 0 Å². The zero-order valence-corrected chi connectivity index (χ0v) is 15.6. The lowest BCUT2D eigenvalue weighted by Gasteiger charge is -2.29. The van der Waals surface area contributed by atoms with E-state index in [1.54, 1.807) is 19.1 Å². The number of hydrogen-bond acceptors (Lipinski definition) is 7. The fourth-order valence-corrected chi connectivity index (χ4v) is 3.16. The van der Waals surface area contributed by atoms with Crippen molar-refractivity contribution in [2.24, 2.45) is 0 Å². The summed E-state index contributed by atoms with van der Waals surface area (Å²) in [7, 11) is 1.45. The molecule has 28 heavy (non-hydrogen) atoms. The Labute approximate surface area is 162 Å². The molecule has 0 bridgehead atoms. The number of Topliss-reactive ketones (excluding diaryl/α,β-unsaturated/α-hetero) is 1. The molecule has 3 rings (SSSR count). The van der Waals surface area contributed by atoms with Gasteiger partial charge in [0.05, 0.1) is 20.1 Å². The lowest BCUT2D eigenvalue weighted by Crippen LogP contribution is -2.22. The van der Waals surface area contributed by atoms with Crippen LogP contribution in [0.2, 0.25) is 0 Å². The predicted octanol–water partition coefficient (Wildman–Crippen LogP) is 3.00. The van der Waals surface area contributed by atoms with Crippen molar-refractivity contribution in [3.05, 3.63) is 52.6 Å². The molecule has 1 aliphatic heterocycles. The molecule has 1 heterocycles. The number of carbonyl (C=O) groups is 1. The number of benzene rings is 2. The molecule has 7 heteroatoms. The van der Waals surface area contributed by atoms with Crippen molar-refractivity contribution < 1.29 is 34.7 Å². The van der Waals surface area contributed by atoms with Crippen LogP contribution in [0.3, 0.4) is 0 Å². The molecule has 0 aliphatic carbocycles. The van der Waals surface area contributed by atoms with E-state index in [1.807, 2.05) is 0 Å². The van der Waals surface area contributed by atoms with Crippen LogP contribution in [-0.4, -0.2) is 39.9 Å². The van der Waals surface area contributed by atoms with Crippen molar-refractivity contribution in [2.45, 2.75) is 25.9 Å². The summed E-state index contributed by atoms with van der Waals surface area (Å²) in [6, 6.07) is 5.61. The molecule has 0 unspecified atom stereocenters. The number of methoxy groups -OCH3 is 1. The molecule has 0 spiro atoms. The van der Waals surface area contributed by atoms with E-state index in [4.69, 9.17) is 9.47 Å². The maximum Gasteiger partial charge on any atom is 0.174 e. The van der Waals surface area contributed by atoms with Gasteiger partial charge in [-0.05, 0) is 31.0 Å². The minimum atomic E-state index is -0.695. The van der Waals surface area contributed by atoms with Gasteiger partial charge in [-0.2, -0.15) is 0 Å². The number of phenolic OH excluding ortho intramolecular Hbond substituents is 3. The van der Waals surface area contributed by atoms with Crippen molar-refractivity contribution in [3.8, 4) is 28.7 Å². The van der Waals surface area contributed by atoms with Gasteiger partial charge in [0.15, 0.2) is 17.3 Å². The van der Waals surface area contributed by atoms with Gasteiger partial charge in [0, 0.05) is 11.6 Å². The Morgan fingerprint density at radius 1 is 1.21 bits per heavy atom. The molecule has 0 saturated heterocycles. The summed E-state index contributed by atoms with van der Waals surface area (Å²) >= 11 is 0. The van der Waals surface area contributed by atoms with E-state index in [2.05, 4.69) is 0 Å². The van der Waals surface area contributed by atoms with Crippen molar-refractivity contribution in [2.75, 3.05) is 13.7 Å². The zero-order valence-electron chi connectivity index (χ0n) is 15.6. The van der Waals surface area contributed by atoms with Crippen molar-refractivity contribution >= 4 is 5.78 Å². The third-order valence-electron chi connectivity index (χ3n) is 4.73. The molecular formula is C21H22O7. The van der Waals surface area contributed by atoms with Crippen LogP contribution < -0.4 is 9.47 Å². The second kappa shape index (κ2) is 7.82. The Kier molecular flexibility index (Phi) is 5.46. The van der Waals surface area contributed by atoms with Crippen molar-refractivity contribution in [1.29, 1.82) is 0 Å². The van der Waals surface area contributed by atoms with Gasteiger partial charge in [0.2, 0.25) is 0 Å². The van der Waals surface area contributed by atoms with Crippen molar-refractivity contribution in [3.63, 3.8) is 0 Å². The highest BCUT2D eigenvalue weighted by atomic mass is 16.5. The second-order valence-electron chi connectivity index (χ2n) is 6.68. The normalized spacial score (nSPS) is 16.5. The molecule has 1 aliphatic rings. The number of aliphatic hydroxyl groups is 1. The Hall–Kier alpha value is -3.19. The van der Waals surface area contributed by atoms with Crippen LogP contribution in [0.25, 0.3) is 0 Å². The topological polar surface area (TPSA) is 116 Å². The van der Waals surface area contributed by atoms with E-state index in [-0.39, 0.29) is 47.4 Å². The molecule has 0 fully saturated rings. The molecule has 7 nitrogen and oxygen atoms in total. The van der Waals surface area contributed by atoms with E-state index in [0.29, 0.717) is 23.3 Å². The van der Waals surface area contributed by atoms with Gasteiger partial charge in [-0.25, -0.2) is 0 Å². The number of ether oxygens (including phenoxy) is 2. The lowest BCUT2D eigenvalue weighted by molar-refractivity contribution is 0.0842. The summed E-state index contributed by atoms with van der Waals surface area (Å²) in [6.07, 6.45) is 1.40. The first-order valence-corrected chi connectivity index (χ1v) is 8.76. The first-order chi connectivity index (χ1) is 13.3. The summed E-state index contributed by atoms with van der Waals surface area (Å²) in [5, 5.41) is 38.8. The quantitative estimate of drug-likeness (QED) is 0.461. The van der Waals surface area contributed by atoms with Crippen LogP contribution in [0.15, 0.2) is 35.9 Å². The average molecular weight is 386 g/mol. The highest BCUT2D eigenvalue weighted by Crippen LogP contribution is 2.46. The highest BCUT2D eigenvalue weighted by Gasteiger charge is 2.34. The third kappa shape index (κ3) is 3.61. The number of fused-ring (bicyclic) bond motifs is 1. The molecule has 0 saturated carbocycles. The predicted molar refractivity (Wildman–Crippen MR) is 101 cm³/mol. The fourth-order valence-electron chi connectivity index (χ4n) is 3.16. The SMILES string of the molecule is COc1cc(O)c2c(c1C/C=C(/C)CO)O[C@H](c1ccc(O)c(O)c1)CC2=O. The van der Waals surface area contributed by atoms with Gasteiger partial charge in [-0.15, -0.1) is 0 Å². The molecule has 0 amide bonds. The Morgan fingerprint density at radius 3 is 2.61 bits per heavy atom. The van der Waals surface area contributed by atoms with E-state index < -0.39 is 6.10 Å². The van der Waals surface area contributed by atoms with Gasteiger partial charge in [0.25, 0.3) is 0 Å². The van der Waals surface area contributed by atoms with Crippen LogP contribution >= 0.6 is 0 Å². The minimum absolute atomic E-state index is 0.0257. The van der Waals surface area contributed by atoms with Gasteiger partial charge < -0.3 is 29.9 Å². The van der Waals surface area contributed by atoms with E-state index in [1.165, 1.54) is 25.3 Å². The van der Waals surface area contributed by atoms with E-state index >= 15 is 0 Å². The highest BCUT2D eigenvalue weighted by molar-refractivity contribution is 6.03. The van der Waals surface area contributed by atoms with E-state index in [9.17, 15) is 25.2 Å². The average Bonchev–Trinajstić information content (AvgIpc) is 2.68. The van der Waals surface area contributed by atoms with E-state index in [0.717, 1.165) is 5.57 Å². The largest absolute Gasteiger partial charge is 0.507 e. The molecule has 0 radical (unpaired) electrons. The summed E-state index contributed by atoms with van der Waals surface area (Å²) < 4.78 is 11.4. The first kappa shape index (κ1) is 19.6. The number of carbonyl (C=O) groups excluding carboxylic acids is 1. The van der Waals surface area contributed by atoms with Crippen molar-refractivity contribution in [1.82, 2.24) is 0 Å². The minimum Gasteiger partial charge on any atom is -0.507 e. The van der Waals surface area contributed by atoms with Crippen LogP contribution in [0, 0.1) is 0 Å². The molecule has 2 aromatic rings. The molecule has 1 atom stereocenters. The van der Waals surface area contributed by atoms with Crippen LogP contribution in [0.5, 0.6) is 28.7 Å². The maximum absolute atomic E-state index is 12.7. The Morgan fingerprint density at radius 2 is 1.96 bits per heavy atom. The third-order valence-corrected chi connectivity index (χ3v) is 4.73. The number of ketones is 1. The van der Waals surface area contributed by atoms with Crippen LogP contribution in [0.1, 0.15) is 40.9 Å². The molecule has 0 aromatic heterocycles. The van der Waals surface area contributed by atoms with Crippen LogP contribution in [-0.2, 0) is 6.42 Å². The maximum atomic E-state index is 12.7. The number of rotatable bonds is 5. The molecule has 148 valence electrons. The number of phenols is 3. The second-order valence-corrected chi connectivity index (χ2v) is 6.68. The Balaban J connectivity index is 2.09. The molecular weight excluding hydrogens is 364 g/mol. The smallest absolute Gasteiger partial charge is 0.174 e. The molecule has 4 N–H and O–H groups in total. The van der Waals surface area contributed by atoms with Gasteiger partial charge >= 0.3 is 0 Å². The van der Waals surface area contributed by atoms with Gasteiger partial charge in [0.1, 0.15) is 28.9 Å². The lowest BCUT2D eigenvalue weighted by atomic mass is 9.92. The first-order valence-electron chi connectivity index (χ1n) is 8.76. The summed E-state index contributed by atoms with van der Waals surface area (Å²) in [4.78, 5) is 12.7. The standard InChI is InChI=1S/C21H22O7/c1-11(10-22)3-5-13-19(27-2)9-17(26)20-16(25)8-18(28-21(13)20)12-4-6-14(23)15(24)7-12/h3-4,6-7,9,18,22-24,26H,5,8,10H2,1-2H3/b11-3-/t18-/m0/s1. The number of allylic oxidation sites excluding steroid dienone is 1. The Bertz CT molecular complexity index is 946. The zero-order chi connectivity index (χ0) is 20.4. The number of aromatic hydroxyl groups is 3.